The molecular weight excluding hydrogens is 357 g/mol. The Balaban J connectivity index is 1.45. The summed E-state index contributed by atoms with van der Waals surface area (Å²) in [5, 5.41) is 5.53. The van der Waals surface area contributed by atoms with Gasteiger partial charge in [-0.05, 0) is 61.2 Å². The summed E-state index contributed by atoms with van der Waals surface area (Å²) >= 11 is 0. The average Bonchev–Trinajstić information content (AvgIpc) is 2.99. The van der Waals surface area contributed by atoms with E-state index in [2.05, 4.69) is 10.6 Å². The van der Waals surface area contributed by atoms with Gasteiger partial charge in [0.05, 0.1) is 0 Å². The molecule has 1 saturated heterocycles. The zero-order chi connectivity index (χ0) is 19.8. The topological polar surface area (TPSA) is 61.4 Å². The van der Waals surface area contributed by atoms with E-state index in [1.165, 1.54) is 25.0 Å². The van der Waals surface area contributed by atoms with E-state index in [0.717, 1.165) is 31.5 Å². The van der Waals surface area contributed by atoms with E-state index in [-0.39, 0.29) is 17.8 Å². The Labute approximate surface area is 164 Å². The zero-order valence-corrected chi connectivity index (χ0v) is 15.9. The molecule has 0 unspecified atom stereocenters. The summed E-state index contributed by atoms with van der Waals surface area (Å²) in [6.07, 6.45) is 5.11. The molecule has 28 heavy (non-hydrogen) atoms. The van der Waals surface area contributed by atoms with E-state index in [1.54, 1.807) is 36.4 Å². The summed E-state index contributed by atoms with van der Waals surface area (Å²) in [6.45, 7) is 2.08. The molecule has 6 heteroatoms. The van der Waals surface area contributed by atoms with Gasteiger partial charge in [0, 0.05) is 30.9 Å². The zero-order valence-electron chi connectivity index (χ0n) is 15.9. The highest BCUT2D eigenvalue weighted by Gasteiger charge is 2.17. The summed E-state index contributed by atoms with van der Waals surface area (Å²) in [4.78, 5) is 26.5. The van der Waals surface area contributed by atoms with Crippen molar-refractivity contribution in [2.24, 2.45) is 0 Å². The maximum absolute atomic E-state index is 12.9. The lowest BCUT2D eigenvalue weighted by atomic mass is 10.1. The van der Waals surface area contributed by atoms with Crippen LogP contribution in [-0.2, 0) is 6.42 Å². The predicted molar refractivity (Wildman–Crippen MR) is 108 cm³/mol. The molecule has 0 bridgehead atoms. The second-order valence-corrected chi connectivity index (χ2v) is 7.04. The van der Waals surface area contributed by atoms with Crippen LogP contribution in [0.3, 0.4) is 0 Å². The minimum absolute atomic E-state index is 0.0530. The quantitative estimate of drug-likeness (QED) is 0.813. The van der Waals surface area contributed by atoms with E-state index in [4.69, 9.17) is 0 Å². The molecule has 1 aliphatic heterocycles. The van der Waals surface area contributed by atoms with Crippen molar-refractivity contribution in [3.05, 3.63) is 65.5 Å². The predicted octanol–water partition coefficient (Wildman–Crippen LogP) is 4.21. The first-order chi connectivity index (χ1) is 13.6. The lowest BCUT2D eigenvalue weighted by Gasteiger charge is -2.20. The number of amides is 3. The van der Waals surface area contributed by atoms with Gasteiger partial charge in [0.2, 0.25) is 0 Å². The first-order valence-corrected chi connectivity index (χ1v) is 9.80. The highest BCUT2D eigenvalue weighted by molar-refractivity contribution is 5.95. The maximum Gasteiger partial charge on any atom is 0.319 e. The van der Waals surface area contributed by atoms with Crippen molar-refractivity contribution in [3.63, 3.8) is 0 Å². The van der Waals surface area contributed by atoms with Gasteiger partial charge in [0.15, 0.2) is 0 Å². The minimum Gasteiger partial charge on any atom is -0.339 e. The highest BCUT2D eigenvalue weighted by Crippen LogP contribution is 2.15. The van der Waals surface area contributed by atoms with Crippen molar-refractivity contribution in [2.45, 2.75) is 32.1 Å². The fourth-order valence-corrected chi connectivity index (χ4v) is 3.30. The summed E-state index contributed by atoms with van der Waals surface area (Å²) < 4.78 is 12.9. The number of carbonyl (C=O) groups is 2. The Kier molecular flexibility index (Phi) is 7.00. The Morgan fingerprint density at radius 3 is 2.18 bits per heavy atom. The van der Waals surface area contributed by atoms with E-state index in [1.807, 2.05) is 4.90 Å². The number of hydrogen-bond donors (Lipinski definition) is 2. The van der Waals surface area contributed by atoms with Crippen LogP contribution in [0.25, 0.3) is 0 Å². The number of anilines is 1. The van der Waals surface area contributed by atoms with Crippen LogP contribution in [0.5, 0.6) is 0 Å². The number of carbonyl (C=O) groups excluding carboxylic acids is 2. The van der Waals surface area contributed by atoms with E-state index in [0.29, 0.717) is 24.2 Å². The molecular formula is C22H26FN3O2. The molecule has 0 spiro atoms. The molecule has 0 atom stereocenters. The number of likely N-dealkylation sites (tertiary alicyclic amines) is 1. The molecule has 3 amide bonds. The molecule has 1 aliphatic rings. The first kappa shape index (κ1) is 19.9. The van der Waals surface area contributed by atoms with Crippen molar-refractivity contribution in [1.82, 2.24) is 10.2 Å². The third-order valence-corrected chi connectivity index (χ3v) is 4.90. The van der Waals surface area contributed by atoms with Crippen LogP contribution in [0.1, 0.15) is 41.6 Å². The Hall–Kier alpha value is -2.89. The van der Waals surface area contributed by atoms with Crippen LogP contribution in [0.4, 0.5) is 14.9 Å². The fraction of sp³-hybridized carbons (Fsp3) is 0.364. The third-order valence-electron chi connectivity index (χ3n) is 4.90. The van der Waals surface area contributed by atoms with E-state index in [9.17, 15) is 14.0 Å². The monoisotopic (exact) mass is 383 g/mol. The molecule has 0 aromatic heterocycles. The van der Waals surface area contributed by atoms with E-state index < -0.39 is 0 Å². The summed E-state index contributed by atoms with van der Waals surface area (Å²) in [5.74, 6) is -0.218. The van der Waals surface area contributed by atoms with Crippen molar-refractivity contribution in [2.75, 3.05) is 25.0 Å². The SMILES string of the molecule is O=C(NCCc1ccc(F)cc1)Nc1ccc(C(=O)N2CCCCCC2)cc1. The number of hydrogen-bond acceptors (Lipinski definition) is 2. The van der Waals surface area contributed by atoms with Crippen LogP contribution in [0.15, 0.2) is 48.5 Å². The molecule has 2 N–H and O–H groups in total. The summed E-state index contributed by atoms with van der Waals surface area (Å²) in [7, 11) is 0. The number of nitrogens with one attached hydrogen (secondary N) is 2. The lowest BCUT2D eigenvalue weighted by molar-refractivity contribution is 0.0761. The van der Waals surface area contributed by atoms with Crippen molar-refractivity contribution < 1.29 is 14.0 Å². The third kappa shape index (κ3) is 5.81. The van der Waals surface area contributed by atoms with Crippen LogP contribution in [0, 0.1) is 5.82 Å². The molecule has 2 aromatic rings. The minimum atomic E-state index is -0.311. The smallest absolute Gasteiger partial charge is 0.319 e. The second kappa shape index (κ2) is 9.88. The summed E-state index contributed by atoms with van der Waals surface area (Å²) in [5.41, 5.74) is 2.23. The van der Waals surface area contributed by atoms with Gasteiger partial charge in [-0.25, -0.2) is 9.18 Å². The van der Waals surface area contributed by atoms with Crippen LogP contribution < -0.4 is 10.6 Å². The van der Waals surface area contributed by atoms with Crippen molar-refractivity contribution in [3.8, 4) is 0 Å². The Morgan fingerprint density at radius 2 is 1.54 bits per heavy atom. The molecule has 0 radical (unpaired) electrons. The van der Waals surface area contributed by atoms with Crippen LogP contribution in [-0.4, -0.2) is 36.5 Å². The van der Waals surface area contributed by atoms with Crippen LogP contribution >= 0.6 is 0 Å². The molecule has 5 nitrogen and oxygen atoms in total. The van der Waals surface area contributed by atoms with Gasteiger partial charge in [0.25, 0.3) is 5.91 Å². The standard InChI is InChI=1S/C22H26FN3O2/c23-19-9-5-17(6-10-19)13-14-24-22(28)25-20-11-7-18(8-12-20)21(27)26-15-3-1-2-4-16-26/h5-12H,1-4,13-16H2,(H2,24,25,28). The number of urea groups is 1. The van der Waals surface area contributed by atoms with Gasteiger partial charge in [-0.15, -0.1) is 0 Å². The second-order valence-electron chi connectivity index (χ2n) is 7.04. The normalized spacial score (nSPS) is 14.2. The molecule has 2 aromatic carbocycles. The highest BCUT2D eigenvalue weighted by atomic mass is 19.1. The maximum atomic E-state index is 12.9. The number of rotatable bonds is 5. The number of nitrogens with zero attached hydrogens (tertiary/aromatic N) is 1. The lowest BCUT2D eigenvalue weighted by Crippen LogP contribution is -2.32. The first-order valence-electron chi connectivity index (χ1n) is 9.80. The molecule has 0 saturated carbocycles. The fourth-order valence-electron chi connectivity index (χ4n) is 3.30. The van der Waals surface area contributed by atoms with Gasteiger partial charge >= 0.3 is 6.03 Å². The summed E-state index contributed by atoms with van der Waals surface area (Å²) in [6, 6.07) is 12.9. The van der Waals surface area contributed by atoms with Crippen LogP contribution in [0.2, 0.25) is 0 Å². The average molecular weight is 383 g/mol. The largest absolute Gasteiger partial charge is 0.339 e. The van der Waals surface area contributed by atoms with Gasteiger partial charge < -0.3 is 15.5 Å². The van der Waals surface area contributed by atoms with Gasteiger partial charge in [-0.1, -0.05) is 25.0 Å². The molecule has 1 heterocycles. The molecule has 148 valence electrons. The van der Waals surface area contributed by atoms with Gasteiger partial charge in [0.1, 0.15) is 5.82 Å². The van der Waals surface area contributed by atoms with Gasteiger partial charge in [-0.3, -0.25) is 4.79 Å². The number of benzene rings is 2. The van der Waals surface area contributed by atoms with Crippen molar-refractivity contribution in [1.29, 1.82) is 0 Å². The van der Waals surface area contributed by atoms with E-state index >= 15 is 0 Å². The Morgan fingerprint density at radius 1 is 0.893 bits per heavy atom. The number of halogens is 1. The molecule has 1 fully saturated rings. The van der Waals surface area contributed by atoms with Crippen molar-refractivity contribution >= 4 is 17.6 Å². The van der Waals surface area contributed by atoms with Gasteiger partial charge in [-0.2, -0.15) is 0 Å². The molecule has 0 aliphatic carbocycles. The Bertz CT molecular complexity index is 782. The molecule has 3 rings (SSSR count).